The van der Waals surface area contributed by atoms with E-state index in [4.69, 9.17) is 18.6 Å². The van der Waals surface area contributed by atoms with Crippen LogP contribution in [0.25, 0.3) is 0 Å². The molecule has 0 aliphatic rings. The number of hydrogen-bond acceptors (Lipinski definition) is 5. The van der Waals surface area contributed by atoms with Crippen molar-refractivity contribution in [3.63, 3.8) is 0 Å². The van der Waals surface area contributed by atoms with E-state index >= 15 is 0 Å². The summed E-state index contributed by atoms with van der Waals surface area (Å²) in [6.45, 7) is -0.254. The molecule has 1 aromatic heterocycles. The lowest BCUT2D eigenvalue weighted by Crippen LogP contribution is -2.25. The van der Waals surface area contributed by atoms with Gasteiger partial charge in [0.05, 0.1) is 14.2 Å². The minimum absolute atomic E-state index is 0.0264. The van der Waals surface area contributed by atoms with Crippen molar-refractivity contribution in [1.82, 2.24) is 5.32 Å². The first-order valence-corrected chi connectivity index (χ1v) is 9.37. The van der Waals surface area contributed by atoms with Crippen LogP contribution in [0.15, 0.2) is 40.8 Å². The molecule has 3 aromatic rings. The summed E-state index contributed by atoms with van der Waals surface area (Å²) in [6, 6.07) is 8.14. The van der Waals surface area contributed by atoms with Gasteiger partial charge in [0.2, 0.25) is 11.6 Å². The van der Waals surface area contributed by atoms with E-state index in [1.807, 2.05) is 6.07 Å². The summed E-state index contributed by atoms with van der Waals surface area (Å²) in [7, 11) is 3.05. The second-order valence-corrected chi connectivity index (χ2v) is 6.55. The predicted octanol–water partition coefficient (Wildman–Crippen LogP) is 4.40. The van der Waals surface area contributed by atoms with Gasteiger partial charge in [-0.25, -0.2) is 8.78 Å². The molecule has 1 N–H and O–H groups in total. The van der Waals surface area contributed by atoms with Crippen LogP contribution in [0.1, 0.15) is 21.9 Å². The smallest absolute Gasteiger partial charge is 0.287 e. The first-order valence-electron chi connectivity index (χ1n) is 9.37. The largest absolute Gasteiger partial charge is 0.493 e. The minimum atomic E-state index is -1.66. The maximum atomic E-state index is 13.6. The molecule has 0 bridgehead atoms. The maximum Gasteiger partial charge on any atom is 0.287 e. The average molecular weight is 453 g/mol. The van der Waals surface area contributed by atoms with E-state index in [9.17, 15) is 22.4 Å². The van der Waals surface area contributed by atoms with Crippen molar-refractivity contribution in [3.8, 4) is 17.2 Å². The number of hydrogen-bond donors (Lipinski definition) is 1. The van der Waals surface area contributed by atoms with E-state index < -0.39 is 41.5 Å². The molecule has 0 saturated carbocycles. The van der Waals surface area contributed by atoms with Crippen molar-refractivity contribution in [2.75, 3.05) is 20.8 Å². The highest BCUT2D eigenvalue weighted by atomic mass is 19.2. The Hall–Kier alpha value is -3.69. The fourth-order valence-electron chi connectivity index (χ4n) is 2.84. The first kappa shape index (κ1) is 23.0. The Morgan fingerprint density at radius 2 is 1.62 bits per heavy atom. The number of halogens is 4. The summed E-state index contributed by atoms with van der Waals surface area (Å²) in [6.07, 6.45) is 0.506. The van der Waals surface area contributed by atoms with Crippen LogP contribution in [0.3, 0.4) is 0 Å². The molecule has 0 aliphatic heterocycles. The highest BCUT2D eigenvalue weighted by molar-refractivity contribution is 5.91. The minimum Gasteiger partial charge on any atom is -0.493 e. The van der Waals surface area contributed by atoms with Crippen LogP contribution < -0.4 is 19.5 Å². The Morgan fingerprint density at radius 1 is 0.938 bits per heavy atom. The van der Waals surface area contributed by atoms with Gasteiger partial charge in [0, 0.05) is 12.6 Å². The summed E-state index contributed by atoms with van der Waals surface area (Å²) in [5, 5.41) is 2.67. The van der Waals surface area contributed by atoms with Gasteiger partial charge in [-0.3, -0.25) is 4.79 Å². The summed E-state index contributed by atoms with van der Waals surface area (Å²) in [5.74, 6) is -7.12. The Balaban J connectivity index is 1.55. The summed E-state index contributed by atoms with van der Waals surface area (Å²) < 4.78 is 74.2. The molecule has 0 saturated heterocycles. The van der Waals surface area contributed by atoms with Crippen LogP contribution in [-0.4, -0.2) is 26.7 Å². The number of nitrogens with one attached hydrogen (secondary N) is 1. The third kappa shape index (κ3) is 5.13. The van der Waals surface area contributed by atoms with Crippen molar-refractivity contribution in [2.24, 2.45) is 0 Å². The molecular weight excluding hydrogens is 434 g/mol. The number of methoxy groups -OCH3 is 2. The Labute approximate surface area is 180 Å². The summed E-state index contributed by atoms with van der Waals surface area (Å²) in [5.41, 5.74) is 0.905. The number of furan rings is 1. The van der Waals surface area contributed by atoms with E-state index in [0.717, 1.165) is 5.56 Å². The number of amides is 1. The van der Waals surface area contributed by atoms with Gasteiger partial charge in [-0.15, -0.1) is 0 Å². The Kier molecular flexibility index (Phi) is 7.24. The van der Waals surface area contributed by atoms with Gasteiger partial charge in [-0.05, 0) is 36.2 Å². The molecule has 0 unspecified atom stereocenters. The van der Waals surface area contributed by atoms with Gasteiger partial charge in [-0.2, -0.15) is 8.78 Å². The van der Waals surface area contributed by atoms with Gasteiger partial charge in [0.1, 0.15) is 12.4 Å². The molecule has 0 aliphatic carbocycles. The van der Waals surface area contributed by atoms with Crippen LogP contribution in [-0.2, 0) is 13.0 Å². The van der Waals surface area contributed by atoms with Gasteiger partial charge >= 0.3 is 0 Å². The van der Waals surface area contributed by atoms with Crippen LogP contribution in [0.4, 0.5) is 17.6 Å². The molecule has 32 heavy (non-hydrogen) atoms. The predicted molar refractivity (Wildman–Crippen MR) is 105 cm³/mol. The lowest BCUT2D eigenvalue weighted by molar-refractivity contribution is 0.0922. The molecule has 0 radical (unpaired) electrons. The van der Waals surface area contributed by atoms with E-state index in [2.05, 4.69) is 5.32 Å². The van der Waals surface area contributed by atoms with Crippen LogP contribution in [0.5, 0.6) is 17.2 Å². The average Bonchev–Trinajstić information content (AvgIpc) is 3.26. The van der Waals surface area contributed by atoms with Crippen molar-refractivity contribution >= 4 is 5.91 Å². The van der Waals surface area contributed by atoms with Crippen molar-refractivity contribution in [2.45, 2.75) is 13.0 Å². The third-order valence-electron chi connectivity index (χ3n) is 4.46. The zero-order valence-electron chi connectivity index (χ0n) is 17.1. The van der Waals surface area contributed by atoms with Crippen LogP contribution in [0.2, 0.25) is 0 Å². The molecule has 0 spiro atoms. The molecule has 10 heteroatoms. The SMILES string of the molecule is COc1ccc(CCNC(=O)c2ccc(COc3c(F)c(F)cc(F)c3F)o2)cc1OC. The van der Waals surface area contributed by atoms with E-state index in [1.54, 1.807) is 12.1 Å². The first-order chi connectivity index (χ1) is 15.3. The number of benzene rings is 2. The Bertz CT molecular complexity index is 1090. The number of carbonyl (C=O) groups excluding carboxylic acids is 1. The van der Waals surface area contributed by atoms with Gasteiger partial charge < -0.3 is 23.9 Å². The van der Waals surface area contributed by atoms with Crippen molar-refractivity contribution in [1.29, 1.82) is 0 Å². The number of ether oxygens (including phenoxy) is 3. The third-order valence-corrected chi connectivity index (χ3v) is 4.46. The second-order valence-electron chi connectivity index (χ2n) is 6.55. The normalized spacial score (nSPS) is 10.7. The van der Waals surface area contributed by atoms with Gasteiger partial charge in [-0.1, -0.05) is 6.07 Å². The summed E-state index contributed by atoms with van der Waals surface area (Å²) in [4.78, 5) is 12.2. The zero-order chi connectivity index (χ0) is 23.3. The topological polar surface area (TPSA) is 69.9 Å². The van der Waals surface area contributed by atoms with Crippen LogP contribution >= 0.6 is 0 Å². The van der Waals surface area contributed by atoms with Gasteiger partial charge in [0.15, 0.2) is 34.6 Å². The quantitative estimate of drug-likeness (QED) is 0.384. The Morgan fingerprint density at radius 3 is 2.28 bits per heavy atom. The molecule has 6 nitrogen and oxygen atoms in total. The molecule has 0 atom stereocenters. The molecule has 0 fully saturated rings. The van der Waals surface area contributed by atoms with Gasteiger partial charge in [0.25, 0.3) is 5.91 Å². The lowest BCUT2D eigenvalue weighted by Gasteiger charge is -2.10. The fraction of sp³-hybridized carbons (Fsp3) is 0.227. The van der Waals surface area contributed by atoms with Crippen molar-refractivity contribution in [3.05, 3.63) is 76.8 Å². The van der Waals surface area contributed by atoms with Crippen LogP contribution in [0, 0.1) is 23.3 Å². The maximum absolute atomic E-state index is 13.6. The molecule has 1 amide bonds. The fourth-order valence-corrected chi connectivity index (χ4v) is 2.84. The number of rotatable bonds is 9. The highest BCUT2D eigenvalue weighted by Gasteiger charge is 2.21. The number of carbonyl (C=O) groups is 1. The van der Waals surface area contributed by atoms with E-state index in [1.165, 1.54) is 26.4 Å². The standard InChI is InChI=1S/C22H19F4NO5/c1-29-16-5-3-12(9-18(16)30-2)7-8-27-22(28)17-6-4-13(32-17)11-31-21-19(25)14(23)10-15(24)20(21)26/h3-6,9-10H,7-8,11H2,1-2H3,(H,27,28). The molecule has 2 aromatic carbocycles. The second kappa shape index (κ2) is 10.1. The zero-order valence-corrected chi connectivity index (χ0v) is 17.1. The van der Waals surface area contributed by atoms with E-state index in [0.29, 0.717) is 24.5 Å². The highest BCUT2D eigenvalue weighted by Crippen LogP contribution is 2.28. The molecule has 3 rings (SSSR count). The lowest BCUT2D eigenvalue weighted by atomic mass is 10.1. The molecular formula is C22H19F4NO5. The van der Waals surface area contributed by atoms with E-state index in [-0.39, 0.29) is 17.6 Å². The summed E-state index contributed by atoms with van der Waals surface area (Å²) >= 11 is 0. The molecule has 1 heterocycles. The van der Waals surface area contributed by atoms with Crippen molar-refractivity contribution < 1.29 is 41.0 Å². The molecule has 170 valence electrons. The monoisotopic (exact) mass is 453 g/mol.